The number of ether oxygens (including phenoxy) is 2. The van der Waals surface area contributed by atoms with Crippen molar-refractivity contribution in [2.75, 3.05) is 14.2 Å². The molecule has 0 saturated heterocycles. The Kier molecular flexibility index (Phi) is 7.55. The van der Waals surface area contributed by atoms with E-state index in [-0.39, 0.29) is 0 Å². The van der Waals surface area contributed by atoms with Crippen LogP contribution in [0, 0.1) is 23.7 Å². The molecule has 0 aliphatic heterocycles. The van der Waals surface area contributed by atoms with E-state index >= 15 is 0 Å². The number of hydrogen-bond acceptors (Lipinski definition) is 2. The maximum absolute atomic E-state index is 5.23. The first-order chi connectivity index (χ1) is 18.7. The van der Waals surface area contributed by atoms with Crippen LogP contribution in [-0.4, -0.2) is 14.2 Å². The Morgan fingerprint density at radius 1 is 0.316 bits per heavy atom. The summed E-state index contributed by atoms with van der Waals surface area (Å²) in [5.74, 6) is 14.7. The Hall–Kier alpha value is -5.18. The molecule has 0 amide bonds. The van der Waals surface area contributed by atoms with Gasteiger partial charge in [0.25, 0.3) is 0 Å². The van der Waals surface area contributed by atoms with E-state index in [0.717, 1.165) is 56.0 Å². The van der Waals surface area contributed by atoms with Gasteiger partial charge in [0.2, 0.25) is 0 Å². The smallest absolute Gasteiger partial charge is 0.118 e. The highest BCUT2D eigenvalue weighted by molar-refractivity contribution is 5.66. The molecule has 0 bridgehead atoms. The number of hydrogen-bond donors (Lipinski definition) is 0. The van der Waals surface area contributed by atoms with Gasteiger partial charge in [0.05, 0.1) is 14.2 Å². The van der Waals surface area contributed by atoms with Crippen LogP contribution in [0.2, 0.25) is 0 Å². The monoisotopic (exact) mass is 490 g/mol. The van der Waals surface area contributed by atoms with Gasteiger partial charge in [-0.15, -0.1) is 0 Å². The van der Waals surface area contributed by atoms with Crippen LogP contribution in [0.15, 0.2) is 121 Å². The fourth-order valence-corrected chi connectivity index (χ4v) is 3.98. The zero-order valence-electron chi connectivity index (χ0n) is 21.4. The second kappa shape index (κ2) is 11.7. The first-order valence-electron chi connectivity index (χ1n) is 12.3. The van der Waals surface area contributed by atoms with Crippen LogP contribution in [0.5, 0.6) is 11.5 Å². The maximum Gasteiger partial charge on any atom is 0.118 e. The number of benzene rings is 5. The molecule has 0 saturated carbocycles. The van der Waals surface area contributed by atoms with E-state index in [1.54, 1.807) is 14.2 Å². The summed E-state index contributed by atoms with van der Waals surface area (Å²) in [6, 6.07) is 40.7. The van der Waals surface area contributed by atoms with Crippen molar-refractivity contribution in [3.05, 3.63) is 144 Å². The number of methoxy groups -OCH3 is 2. The predicted molar refractivity (Wildman–Crippen MR) is 155 cm³/mol. The largest absolute Gasteiger partial charge is 0.497 e. The molecule has 5 aromatic rings. The Morgan fingerprint density at radius 3 is 0.763 bits per heavy atom. The van der Waals surface area contributed by atoms with Gasteiger partial charge in [-0.3, -0.25) is 0 Å². The van der Waals surface area contributed by atoms with Crippen molar-refractivity contribution in [3.63, 3.8) is 0 Å². The Labute approximate surface area is 224 Å². The molecule has 0 aliphatic rings. The lowest BCUT2D eigenvalue weighted by Crippen LogP contribution is -1.83. The van der Waals surface area contributed by atoms with Crippen LogP contribution >= 0.6 is 0 Å². The molecular weight excluding hydrogens is 464 g/mol. The average Bonchev–Trinajstić information content (AvgIpc) is 3.00. The summed E-state index contributed by atoms with van der Waals surface area (Å²) in [6.07, 6.45) is 0. The molecule has 0 N–H and O–H groups in total. The predicted octanol–water partition coefficient (Wildman–Crippen LogP) is 7.84. The highest BCUT2D eigenvalue weighted by Gasteiger charge is 2.00. The summed E-state index contributed by atoms with van der Waals surface area (Å²) < 4.78 is 10.5. The zero-order chi connectivity index (χ0) is 26.2. The third-order valence-electron chi connectivity index (χ3n) is 6.20. The van der Waals surface area contributed by atoms with Crippen LogP contribution in [0.1, 0.15) is 22.3 Å². The second-order valence-electron chi connectivity index (χ2n) is 8.69. The van der Waals surface area contributed by atoms with Gasteiger partial charge in [0.1, 0.15) is 11.5 Å². The molecule has 5 aromatic carbocycles. The normalized spacial score (nSPS) is 9.95. The lowest BCUT2D eigenvalue weighted by atomic mass is 10.0. The van der Waals surface area contributed by atoms with E-state index in [1.165, 1.54) is 0 Å². The highest BCUT2D eigenvalue weighted by Crippen LogP contribution is 2.23. The van der Waals surface area contributed by atoms with Crippen molar-refractivity contribution in [2.45, 2.75) is 0 Å². The van der Waals surface area contributed by atoms with Gasteiger partial charge in [-0.25, -0.2) is 0 Å². The minimum absolute atomic E-state index is 0.854. The summed E-state index contributed by atoms with van der Waals surface area (Å²) in [5, 5.41) is 0. The molecule has 0 aliphatic carbocycles. The first-order valence-corrected chi connectivity index (χ1v) is 12.3. The van der Waals surface area contributed by atoms with E-state index in [1.807, 2.05) is 72.8 Å². The molecule has 0 fully saturated rings. The SMILES string of the molecule is COc1ccc(-c2ccc(C#Cc3ccc(C#Cc4ccc(-c5ccc(OC)cc5)cc4)cc3)cc2)cc1. The van der Waals surface area contributed by atoms with Crippen molar-refractivity contribution in [1.29, 1.82) is 0 Å². The summed E-state index contributed by atoms with van der Waals surface area (Å²) in [4.78, 5) is 0. The molecule has 38 heavy (non-hydrogen) atoms. The van der Waals surface area contributed by atoms with Gasteiger partial charge >= 0.3 is 0 Å². The summed E-state index contributed by atoms with van der Waals surface area (Å²) in [6.45, 7) is 0. The van der Waals surface area contributed by atoms with Gasteiger partial charge in [-0.2, -0.15) is 0 Å². The topological polar surface area (TPSA) is 18.5 Å². The molecule has 2 heteroatoms. The molecule has 182 valence electrons. The third-order valence-corrected chi connectivity index (χ3v) is 6.20. The maximum atomic E-state index is 5.23. The molecule has 0 unspecified atom stereocenters. The van der Waals surface area contributed by atoms with Crippen molar-refractivity contribution >= 4 is 0 Å². The van der Waals surface area contributed by atoms with Gasteiger partial charge < -0.3 is 9.47 Å². The van der Waals surface area contributed by atoms with E-state index in [4.69, 9.17) is 9.47 Å². The first kappa shape index (κ1) is 24.5. The zero-order valence-corrected chi connectivity index (χ0v) is 21.4. The summed E-state index contributed by atoms with van der Waals surface area (Å²) in [7, 11) is 3.35. The highest BCUT2D eigenvalue weighted by atomic mass is 16.5. The average molecular weight is 491 g/mol. The van der Waals surface area contributed by atoms with E-state index in [2.05, 4.69) is 72.2 Å². The summed E-state index contributed by atoms with van der Waals surface area (Å²) >= 11 is 0. The van der Waals surface area contributed by atoms with Gasteiger partial charge in [-0.05, 0) is 95.1 Å². The van der Waals surface area contributed by atoms with E-state index in [0.29, 0.717) is 0 Å². The van der Waals surface area contributed by atoms with Crippen LogP contribution in [0.4, 0.5) is 0 Å². The van der Waals surface area contributed by atoms with E-state index in [9.17, 15) is 0 Å². The summed E-state index contributed by atoms with van der Waals surface area (Å²) in [5.41, 5.74) is 8.46. The molecule has 2 nitrogen and oxygen atoms in total. The Balaban J connectivity index is 1.21. The van der Waals surface area contributed by atoms with Crippen LogP contribution in [-0.2, 0) is 0 Å². The molecule has 0 heterocycles. The fourth-order valence-electron chi connectivity index (χ4n) is 3.98. The Morgan fingerprint density at radius 2 is 0.526 bits per heavy atom. The third kappa shape index (κ3) is 6.14. The lowest BCUT2D eigenvalue weighted by molar-refractivity contribution is 0.415. The van der Waals surface area contributed by atoms with Gasteiger partial charge in [0.15, 0.2) is 0 Å². The molecule has 5 rings (SSSR count). The minimum atomic E-state index is 0.854. The van der Waals surface area contributed by atoms with E-state index < -0.39 is 0 Å². The molecule has 0 radical (unpaired) electrons. The van der Waals surface area contributed by atoms with Crippen LogP contribution in [0.3, 0.4) is 0 Å². The van der Waals surface area contributed by atoms with Crippen LogP contribution < -0.4 is 9.47 Å². The van der Waals surface area contributed by atoms with Crippen molar-refractivity contribution in [1.82, 2.24) is 0 Å². The standard InChI is InChI=1S/C36H26O2/c1-37-35-23-19-33(20-24-35)31-15-11-29(12-16-31)9-7-27-3-5-28(6-4-27)8-10-30-13-17-32(18-14-30)34-21-25-36(38-2)26-22-34/h3-6,11-26H,1-2H3. The van der Waals surface area contributed by atoms with Crippen molar-refractivity contribution in [3.8, 4) is 57.4 Å². The molecule has 0 spiro atoms. The molecular formula is C36H26O2. The van der Waals surface area contributed by atoms with Crippen LogP contribution in [0.25, 0.3) is 22.3 Å². The Bertz CT molecular complexity index is 1490. The number of rotatable bonds is 4. The fraction of sp³-hybridized carbons (Fsp3) is 0.0556. The van der Waals surface area contributed by atoms with Crippen molar-refractivity contribution in [2.24, 2.45) is 0 Å². The van der Waals surface area contributed by atoms with Crippen molar-refractivity contribution < 1.29 is 9.47 Å². The minimum Gasteiger partial charge on any atom is -0.497 e. The molecule has 0 atom stereocenters. The van der Waals surface area contributed by atoms with Gasteiger partial charge in [0, 0.05) is 22.3 Å². The van der Waals surface area contributed by atoms with Gasteiger partial charge in [-0.1, -0.05) is 72.2 Å². The quantitative estimate of drug-likeness (QED) is 0.239. The second-order valence-corrected chi connectivity index (χ2v) is 8.69. The molecule has 0 aromatic heterocycles. The lowest BCUT2D eigenvalue weighted by Gasteiger charge is -2.04.